The van der Waals surface area contributed by atoms with Gasteiger partial charge in [0.2, 0.25) is 10.9 Å². The molecule has 0 saturated carbocycles. The molecule has 3 heterocycles. The average Bonchev–Trinajstić information content (AvgIpc) is 3.52. The third-order valence-electron chi connectivity index (χ3n) is 5.12. The summed E-state index contributed by atoms with van der Waals surface area (Å²) in [6.45, 7) is 4.14. The van der Waals surface area contributed by atoms with Crippen molar-refractivity contribution in [3.8, 4) is 28.0 Å². The number of anilines is 1. The number of Topliss-reactive ketones (excluding diaryl/α,β-unsaturated/α-hetero) is 1. The average molecular weight is 511 g/mol. The molecule has 0 N–H and O–H groups in total. The van der Waals surface area contributed by atoms with Gasteiger partial charge >= 0.3 is 5.00 Å². The highest BCUT2D eigenvalue weighted by Gasteiger charge is 2.27. The summed E-state index contributed by atoms with van der Waals surface area (Å²) in [5.74, 6) is 0.940. The molecule has 1 aromatic carbocycles. The number of thiophene rings is 1. The number of pyridine rings is 1. The standard InChI is InChI=1S/C24H22N4O5S2/c1-4-32-19-12-10-16(14-25-19)21-23(33-17-8-6-5-7-9-17)35-24(26-21)27(3)15(2)22(29)18-11-13-20(34-18)28(30)31/h5-15H,4H2,1-3H3. The van der Waals surface area contributed by atoms with E-state index in [0.717, 1.165) is 16.9 Å². The highest BCUT2D eigenvalue weighted by molar-refractivity contribution is 7.18. The van der Waals surface area contributed by atoms with Gasteiger partial charge in [0.1, 0.15) is 11.4 Å². The lowest BCUT2D eigenvalue weighted by molar-refractivity contribution is -0.380. The molecule has 0 amide bonds. The molecule has 1 unspecified atom stereocenters. The number of carbonyl (C=O) groups is 1. The van der Waals surface area contributed by atoms with Gasteiger partial charge in [0.05, 0.1) is 22.4 Å². The van der Waals surface area contributed by atoms with E-state index in [1.807, 2.05) is 43.3 Å². The second-order valence-electron chi connectivity index (χ2n) is 7.41. The van der Waals surface area contributed by atoms with E-state index in [9.17, 15) is 14.9 Å². The highest BCUT2D eigenvalue weighted by Crippen LogP contribution is 2.42. The van der Waals surface area contributed by atoms with Crippen molar-refractivity contribution in [1.82, 2.24) is 9.97 Å². The van der Waals surface area contributed by atoms with Gasteiger partial charge in [0.15, 0.2) is 10.9 Å². The van der Waals surface area contributed by atoms with E-state index < -0.39 is 11.0 Å². The number of hydrogen-bond acceptors (Lipinski definition) is 10. The van der Waals surface area contributed by atoms with Crippen LogP contribution < -0.4 is 14.4 Å². The number of hydrogen-bond donors (Lipinski definition) is 0. The summed E-state index contributed by atoms with van der Waals surface area (Å²) in [5.41, 5.74) is 1.32. The Morgan fingerprint density at radius 1 is 1.14 bits per heavy atom. The Morgan fingerprint density at radius 2 is 1.91 bits per heavy atom. The van der Waals surface area contributed by atoms with Crippen molar-refractivity contribution in [3.63, 3.8) is 0 Å². The van der Waals surface area contributed by atoms with Gasteiger partial charge in [-0.3, -0.25) is 14.9 Å². The SMILES string of the molecule is CCOc1ccc(-c2nc(N(C)C(C)C(=O)c3ccc([N+](=O)[O-])s3)sc2Oc2ccccc2)cn1. The molecule has 1 atom stereocenters. The van der Waals surface area contributed by atoms with Crippen LogP contribution in [0.2, 0.25) is 0 Å². The number of thiazole rings is 1. The lowest BCUT2D eigenvalue weighted by Gasteiger charge is -2.22. The summed E-state index contributed by atoms with van der Waals surface area (Å²) in [7, 11) is 1.76. The van der Waals surface area contributed by atoms with Gasteiger partial charge in [-0.1, -0.05) is 40.9 Å². The van der Waals surface area contributed by atoms with Gasteiger partial charge in [-0.25, -0.2) is 9.97 Å². The molecule has 35 heavy (non-hydrogen) atoms. The fourth-order valence-electron chi connectivity index (χ4n) is 3.15. The van der Waals surface area contributed by atoms with Crippen molar-refractivity contribution in [1.29, 1.82) is 0 Å². The van der Waals surface area contributed by atoms with Crippen LogP contribution in [0, 0.1) is 10.1 Å². The zero-order chi connectivity index (χ0) is 24.9. The summed E-state index contributed by atoms with van der Waals surface area (Å²) < 4.78 is 11.6. The molecule has 0 aliphatic rings. The van der Waals surface area contributed by atoms with Crippen LogP contribution in [-0.2, 0) is 0 Å². The molecule has 0 bridgehead atoms. The smallest absolute Gasteiger partial charge is 0.324 e. The molecule has 0 spiro atoms. The first-order valence-electron chi connectivity index (χ1n) is 10.7. The van der Waals surface area contributed by atoms with Crippen LogP contribution in [-0.4, -0.2) is 40.4 Å². The van der Waals surface area contributed by atoms with Crippen molar-refractivity contribution in [2.24, 2.45) is 0 Å². The van der Waals surface area contributed by atoms with E-state index in [1.165, 1.54) is 23.5 Å². The van der Waals surface area contributed by atoms with E-state index in [-0.39, 0.29) is 10.8 Å². The Morgan fingerprint density at radius 3 is 2.54 bits per heavy atom. The third kappa shape index (κ3) is 5.47. The van der Waals surface area contributed by atoms with Crippen LogP contribution in [0.15, 0.2) is 60.8 Å². The van der Waals surface area contributed by atoms with E-state index in [2.05, 4.69) is 4.98 Å². The van der Waals surface area contributed by atoms with Gasteiger partial charge in [0.25, 0.3) is 0 Å². The molecule has 4 rings (SSSR count). The maximum Gasteiger partial charge on any atom is 0.324 e. The van der Waals surface area contributed by atoms with Gasteiger partial charge in [-0.15, -0.1) is 0 Å². The van der Waals surface area contributed by atoms with Crippen LogP contribution in [0.1, 0.15) is 23.5 Å². The monoisotopic (exact) mass is 510 g/mol. The Labute approximate surface area is 209 Å². The minimum Gasteiger partial charge on any atom is -0.478 e. The first kappa shape index (κ1) is 24.3. The molecule has 0 aliphatic carbocycles. The number of rotatable bonds is 10. The van der Waals surface area contributed by atoms with Crippen molar-refractivity contribution in [2.45, 2.75) is 19.9 Å². The zero-order valence-electron chi connectivity index (χ0n) is 19.2. The molecule has 0 saturated heterocycles. The van der Waals surface area contributed by atoms with Gasteiger partial charge < -0.3 is 14.4 Å². The maximum absolute atomic E-state index is 13.0. The van der Waals surface area contributed by atoms with Crippen LogP contribution in [0.4, 0.5) is 10.1 Å². The van der Waals surface area contributed by atoms with E-state index in [1.54, 1.807) is 31.1 Å². The van der Waals surface area contributed by atoms with Gasteiger partial charge in [0, 0.05) is 30.9 Å². The summed E-state index contributed by atoms with van der Waals surface area (Å²) in [5, 5.41) is 12.0. The molecule has 9 nitrogen and oxygen atoms in total. The number of ketones is 1. The Kier molecular flexibility index (Phi) is 7.37. The molecule has 0 aliphatic heterocycles. The number of aromatic nitrogens is 2. The fourth-order valence-corrected chi connectivity index (χ4v) is 5.00. The van der Waals surface area contributed by atoms with Crippen molar-refractivity contribution < 1.29 is 19.2 Å². The summed E-state index contributed by atoms with van der Waals surface area (Å²) in [6.07, 6.45) is 1.67. The predicted octanol–water partition coefficient (Wildman–Crippen LogP) is 6.07. The molecular formula is C24H22N4O5S2. The normalized spacial score (nSPS) is 11.6. The van der Waals surface area contributed by atoms with Crippen molar-refractivity contribution in [3.05, 3.63) is 75.8 Å². The summed E-state index contributed by atoms with van der Waals surface area (Å²) in [6, 6.07) is 15.2. The maximum atomic E-state index is 13.0. The fraction of sp³-hybridized carbons (Fsp3) is 0.208. The highest BCUT2D eigenvalue weighted by atomic mass is 32.1. The molecule has 0 radical (unpaired) electrons. The Hall–Kier alpha value is -3.83. The van der Waals surface area contributed by atoms with Crippen LogP contribution in [0.5, 0.6) is 16.7 Å². The van der Waals surface area contributed by atoms with Crippen LogP contribution >= 0.6 is 22.7 Å². The first-order valence-corrected chi connectivity index (χ1v) is 12.3. The van der Waals surface area contributed by atoms with Crippen molar-refractivity contribution >= 4 is 38.6 Å². The Balaban J connectivity index is 1.65. The van der Waals surface area contributed by atoms with Gasteiger partial charge in [-0.2, -0.15) is 0 Å². The predicted molar refractivity (Wildman–Crippen MR) is 136 cm³/mol. The van der Waals surface area contributed by atoms with Gasteiger partial charge in [-0.05, 0) is 38.1 Å². The first-order chi connectivity index (χ1) is 16.9. The Bertz CT molecular complexity index is 1320. The van der Waals surface area contributed by atoms with E-state index in [4.69, 9.17) is 14.5 Å². The molecule has 180 valence electrons. The number of likely N-dealkylation sites (N-methyl/N-ethyl adjacent to an activating group) is 1. The third-order valence-corrected chi connectivity index (χ3v) is 7.19. The molecule has 4 aromatic rings. The van der Waals surface area contributed by atoms with Crippen LogP contribution in [0.25, 0.3) is 11.3 Å². The number of carbonyl (C=O) groups excluding carboxylic acids is 1. The van der Waals surface area contributed by atoms with E-state index in [0.29, 0.717) is 39.0 Å². The largest absolute Gasteiger partial charge is 0.478 e. The van der Waals surface area contributed by atoms with Crippen LogP contribution in [0.3, 0.4) is 0 Å². The molecule has 3 aromatic heterocycles. The number of benzene rings is 1. The summed E-state index contributed by atoms with van der Waals surface area (Å²) in [4.78, 5) is 34.7. The number of ether oxygens (including phenoxy) is 2. The summed E-state index contributed by atoms with van der Waals surface area (Å²) >= 11 is 2.16. The topological polar surface area (TPSA) is 108 Å². The lowest BCUT2D eigenvalue weighted by atomic mass is 10.1. The minimum absolute atomic E-state index is 0.0683. The number of para-hydroxylation sites is 1. The van der Waals surface area contributed by atoms with Crippen molar-refractivity contribution in [2.75, 3.05) is 18.6 Å². The second kappa shape index (κ2) is 10.6. The number of nitrogens with zero attached hydrogens (tertiary/aromatic N) is 4. The molecular weight excluding hydrogens is 488 g/mol. The zero-order valence-corrected chi connectivity index (χ0v) is 20.8. The quantitative estimate of drug-likeness (QED) is 0.144. The van der Waals surface area contributed by atoms with E-state index >= 15 is 0 Å². The molecule has 0 fully saturated rings. The minimum atomic E-state index is -0.602. The lowest BCUT2D eigenvalue weighted by Crippen LogP contribution is -2.35. The second-order valence-corrected chi connectivity index (χ2v) is 9.41. The number of nitro groups is 1. The molecule has 11 heteroatoms.